The number of hydrogen-bond donors (Lipinski definition) is 0. The number of thioether (sulfide) groups is 1. The lowest BCUT2D eigenvalue weighted by molar-refractivity contribution is 0.0640. The third kappa shape index (κ3) is 3.69. The first-order valence-electron chi connectivity index (χ1n) is 7.89. The Balaban J connectivity index is 2.01. The molecule has 0 bridgehead atoms. The molecule has 1 aliphatic heterocycles. The van der Waals surface area contributed by atoms with E-state index in [-0.39, 0.29) is 22.6 Å². The van der Waals surface area contributed by atoms with Gasteiger partial charge in [0, 0.05) is 6.07 Å². The van der Waals surface area contributed by atoms with Gasteiger partial charge in [-0.15, -0.1) is 5.10 Å². The van der Waals surface area contributed by atoms with Crippen molar-refractivity contribution in [1.29, 1.82) is 0 Å². The fourth-order valence-corrected chi connectivity index (χ4v) is 4.12. The van der Waals surface area contributed by atoms with Gasteiger partial charge in [-0.25, -0.2) is 9.36 Å². The molecule has 1 aliphatic rings. The molecular formula is C16H18ClF2N3O2S. The van der Waals surface area contributed by atoms with Crippen LogP contribution in [0.5, 0.6) is 5.75 Å². The van der Waals surface area contributed by atoms with E-state index in [2.05, 4.69) is 5.10 Å². The van der Waals surface area contributed by atoms with Crippen molar-refractivity contribution < 1.29 is 13.5 Å². The first-order chi connectivity index (χ1) is 11.9. The zero-order valence-electron chi connectivity index (χ0n) is 13.8. The van der Waals surface area contributed by atoms with Crippen LogP contribution in [0.25, 0.3) is 5.69 Å². The van der Waals surface area contributed by atoms with E-state index < -0.39 is 12.2 Å². The number of rotatable bonds is 4. The van der Waals surface area contributed by atoms with Crippen LogP contribution in [0.1, 0.15) is 30.8 Å². The largest absolute Gasteiger partial charge is 0.490 e. The molecule has 0 radical (unpaired) electrons. The minimum atomic E-state index is -2.96. The summed E-state index contributed by atoms with van der Waals surface area (Å²) >= 11 is 8.13. The van der Waals surface area contributed by atoms with Crippen LogP contribution in [0, 0.1) is 13.8 Å². The average Bonchev–Trinajstić information content (AvgIpc) is 2.85. The van der Waals surface area contributed by atoms with Gasteiger partial charge in [0.15, 0.2) is 0 Å². The number of ether oxygens (including phenoxy) is 1. The third-order valence-corrected chi connectivity index (χ3v) is 5.46. The lowest BCUT2D eigenvalue weighted by atomic mass is 10.1. The van der Waals surface area contributed by atoms with Crippen molar-refractivity contribution in [3.8, 4) is 11.4 Å². The summed E-state index contributed by atoms with van der Waals surface area (Å²) in [4.78, 5) is 12.3. The maximum Gasteiger partial charge on any atom is 0.355 e. The Kier molecular flexibility index (Phi) is 5.38. The number of halogens is 3. The third-order valence-electron chi connectivity index (χ3n) is 4.11. The summed E-state index contributed by atoms with van der Waals surface area (Å²) in [5.41, 5.74) is 0.128. The van der Waals surface area contributed by atoms with Crippen LogP contribution in [0.2, 0.25) is 5.02 Å². The highest BCUT2D eigenvalue weighted by Gasteiger charge is 2.22. The Morgan fingerprint density at radius 1 is 1.32 bits per heavy atom. The van der Waals surface area contributed by atoms with E-state index in [0.717, 1.165) is 34.6 Å². The fourth-order valence-electron chi connectivity index (χ4n) is 2.76. The van der Waals surface area contributed by atoms with Crippen molar-refractivity contribution in [1.82, 2.24) is 14.3 Å². The zero-order valence-corrected chi connectivity index (χ0v) is 15.4. The molecule has 2 aromatic rings. The molecule has 1 fully saturated rings. The Hall–Kier alpha value is -1.54. The minimum absolute atomic E-state index is 0.0802. The molecule has 0 amide bonds. The molecule has 25 heavy (non-hydrogen) atoms. The summed E-state index contributed by atoms with van der Waals surface area (Å²) < 4.78 is 33.3. The van der Waals surface area contributed by atoms with Crippen LogP contribution in [-0.2, 0) is 0 Å². The molecule has 3 rings (SSSR count). The van der Waals surface area contributed by atoms with Crippen LogP contribution < -0.4 is 10.4 Å². The van der Waals surface area contributed by atoms with E-state index >= 15 is 0 Å². The molecule has 0 unspecified atom stereocenters. The predicted octanol–water partition coefficient (Wildman–Crippen LogP) is 3.97. The average molecular weight is 390 g/mol. The lowest BCUT2D eigenvalue weighted by Crippen LogP contribution is -2.25. The molecule has 136 valence electrons. The number of nitrogens with zero attached hydrogens (tertiary/aromatic N) is 3. The monoisotopic (exact) mass is 389 g/mol. The Bertz CT molecular complexity index is 832. The number of aryl methyl sites for hydroxylation is 2. The molecule has 0 N–H and O–H groups in total. The van der Waals surface area contributed by atoms with Gasteiger partial charge in [0.05, 0.1) is 10.7 Å². The molecule has 0 saturated carbocycles. The Labute approximate surface area is 152 Å². The van der Waals surface area contributed by atoms with Crippen LogP contribution in [0.15, 0.2) is 16.9 Å². The summed E-state index contributed by atoms with van der Waals surface area (Å²) in [7, 11) is 0. The molecule has 0 atom stereocenters. The topological polar surface area (TPSA) is 49.0 Å². The molecule has 9 heteroatoms. The molecule has 1 aromatic carbocycles. The van der Waals surface area contributed by atoms with Crippen molar-refractivity contribution in [2.45, 2.75) is 39.3 Å². The Morgan fingerprint density at radius 3 is 2.60 bits per heavy atom. The lowest BCUT2D eigenvalue weighted by Gasteiger charge is -2.24. The van der Waals surface area contributed by atoms with Crippen LogP contribution >= 0.6 is 23.4 Å². The van der Waals surface area contributed by atoms with Crippen molar-refractivity contribution >= 4 is 23.4 Å². The summed E-state index contributed by atoms with van der Waals surface area (Å²) in [5, 5.41) is 4.18. The number of benzene rings is 1. The van der Waals surface area contributed by atoms with E-state index in [1.807, 2.05) is 18.7 Å². The number of alkyl halides is 2. The van der Waals surface area contributed by atoms with E-state index in [4.69, 9.17) is 16.3 Å². The van der Waals surface area contributed by atoms with Gasteiger partial charge in [-0.3, -0.25) is 0 Å². The highest BCUT2D eigenvalue weighted by Crippen LogP contribution is 2.31. The van der Waals surface area contributed by atoms with Crippen molar-refractivity contribution in [3.63, 3.8) is 0 Å². The minimum Gasteiger partial charge on any atom is -0.490 e. The quantitative estimate of drug-likeness (QED) is 0.793. The highest BCUT2D eigenvalue weighted by molar-refractivity contribution is 7.99. The molecule has 0 spiro atoms. The second kappa shape index (κ2) is 7.37. The van der Waals surface area contributed by atoms with Crippen molar-refractivity contribution in [2.24, 2.45) is 0 Å². The Morgan fingerprint density at radius 2 is 2.00 bits per heavy atom. The van der Waals surface area contributed by atoms with Gasteiger partial charge in [0.25, 0.3) is 0 Å². The van der Waals surface area contributed by atoms with Gasteiger partial charge in [0.2, 0.25) is 0 Å². The molecular weight excluding hydrogens is 372 g/mol. The van der Waals surface area contributed by atoms with Gasteiger partial charge in [-0.2, -0.15) is 25.2 Å². The first-order valence-corrected chi connectivity index (χ1v) is 9.43. The van der Waals surface area contributed by atoms with Gasteiger partial charge < -0.3 is 4.74 Å². The molecule has 1 aromatic heterocycles. The highest BCUT2D eigenvalue weighted by atomic mass is 35.5. The van der Waals surface area contributed by atoms with Crippen LogP contribution in [-0.4, -0.2) is 32.0 Å². The summed E-state index contributed by atoms with van der Waals surface area (Å²) in [6, 6.07) is 3.26. The molecule has 0 aliphatic carbocycles. The maximum atomic E-state index is 13.0. The second-order valence-corrected chi connectivity index (χ2v) is 7.52. The zero-order chi connectivity index (χ0) is 18.1. The van der Waals surface area contributed by atoms with E-state index in [1.165, 1.54) is 6.92 Å². The predicted molar refractivity (Wildman–Crippen MR) is 94.5 cm³/mol. The van der Waals surface area contributed by atoms with E-state index in [1.54, 1.807) is 12.1 Å². The first kappa shape index (κ1) is 18.3. The fraction of sp³-hybridized carbons (Fsp3) is 0.500. The standard InChI is InChI=1S/C16H18ClF2N3O2S/c1-9-7-12(17)13(8-14(9)24-11-3-5-25-6-4-11)22-16(23)21(15(18)19)10(2)20-22/h7-8,11,15H,3-6H2,1-2H3. The molecule has 5 nitrogen and oxygen atoms in total. The SMILES string of the molecule is Cc1cc(Cl)c(-n2nc(C)n(C(F)F)c2=O)cc1OC1CCSCC1. The molecule has 2 heterocycles. The number of aromatic nitrogens is 3. The van der Waals surface area contributed by atoms with Crippen molar-refractivity contribution in [3.05, 3.63) is 39.0 Å². The smallest absolute Gasteiger partial charge is 0.355 e. The van der Waals surface area contributed by atoms with Gasteiger partial charge in [-0.1, -0.05) is 11.6 Å². The summed E-state index contributed by atoms with van der Waals surface area (Å²) in [5.74, 6) is 2.60. The van der Waals surface area contributed by atoms with Gasteiger partial charge >= 0.3 is 12.2 Å². The van der Waals surface area contributed by atoms with Crippen LogP contribution in [0.4, 0.5) is 8.78 Å². The van der Waals surface area contributed by atoms with Crippen molar-refractivity contribution in [2.75, 3.05) is 11.5 Å². The van der Waals surface area contributed by atoms with Crippen LogP contribution in [0.3, 0.4) is 0 Å². The second-order valence-electron chi connectivity index (χ2n) is 5.89. The van der Waals surface area contributed by atoms with E-state index in [0.29, 0.717) is 10.3 Å². The number of hydrogen-bond acceptors (Lipinski definition) is 4. The summed E-state index contributed by atoms with van der Waals surface area (Å²) in [6.07, 6.45) is 1.99. The van der Waals surface area contributed by atoms with E-state index in [9.17, 15) is 13.6 Å². The van der Waals surface area contributed by atoms with Gasteiger partial charge in [0.1, 0.15) is 17.7 Å². The van der Waals surface area contributed by atoms with Gasteiger partial charge in [-0.05, 0) is 49.8 Å². The normalized spacial score (nSPS) is 15.8. The summed E-state index contributed by atoms with van der Waals surface area (Å²) in [6.45, 7) is 0.248. The maximum absolute atomic E-state index is 13.0. The molecule has 1 saturated heterocycles.